The summed E-state index contributed by atoms with van der Waals surface area (Å²) in [7, 11) is 0. The lowest BCUT2D eigenvalue weighted by atomic mass is 10.1. The Labute approximate surface area is 101 Å². The lowest BCUT2D eigenvalue weighted by Gasteiger charge is -2.16. The van der Waals surface area contributed by atoms with Crippen LogP contribution in [0.5, 0.6) is 0 Å². The molecule has 0 amide bonds. The van der Waals surface area contributed by atoms with Gasteiger partial charge in [-0.3, -0.25) is 0 Å². The van der Waals surface area contributed by atoms with Crippen molar-refractivity contribution in [2.75, 3.05) is 5.73 Å². The maximum absolute atomic E-state index is 13.4. The summed E-state index contributed by atoms with van der Waals surface area (Å²) in [6, 6.07) is 4.13. The number of rotatable bonds is 4. The van der Waals surface area contributed by atoms with Crippen molar-refractivity contribution < 1.29 is 13.9 Å². The quantitative estimate of drug-likeness (QED) is 0.649. The Morgan fingerprint density at radius 2 is 2.06 bits per heavy atom. The molecular weight excluding hydrogens is 221 g/mol. The molecule has 2 N–H and O–H groups in total. The number of anilines is 1. The van der Waals surface area contributed by atoms with Crippen molar-refractivity contribution in [3.63, 3.8) is 0 Å². The zero-order valence-electron chi connectivity index (χ0n) is 10.4. The number of nitrogens with two attached hydrogens (primary N) is 1. The average molecular weight is 239 g/mol. The van der Waals surface area contributed by atoms with Gasteiger partial charge in [-0.15, -0.1) is 0 Å². The fourth-order valence-corrected chi connectivity index (χ4v) is 1.71. The van der Waals surface area contributed by atoms with E-state index in [1.54, 1.807) is 6.92 Å². The first-order valence-corrected chi connectivity index (χ1v) is 5.66. The van der Waals surface area contributed by atoms with Gasteiger partial charge in [0.15, 0.2) is 0 Å². The third kappa shape index (κ3) is 3.73. The Morgan fingerprint density at radius 3 is 2.59 bits per heavy atom. The Bertz CT molecular complexity index is 384. The number of halogens is 1. The summed E-state index contributed by atoms with van der Waals surface area (Å²) >= 11 is 0. The van der Waals surface area contributed by atoms with Gasteiger partial charge in [-0.25, -0.2) is 9.18 Å². The van der Waals surface area contributed by atoms with Gasteiger partial charge < -0.3 is 10.5 Å². The molecule has 0 spiro atoms. The van der Waals surface area contributed by atoms with Crippen molar-refractivity contribution in [2.24, 2.45) is 5.92 Å². The Morgan fingerprint density at radius 1 is 1.41 bits per heavy atom. The summed E-state index contributed by atoms with van der Waals surface area (Å²) in [6.45, 7) is 5.85. The molecule has 0 aliphatic heterocycles. The van der Waals surface area contributed by atoms with Crippen LogP contribution < -0.4 is 5.73 Å². The van der Waals surface area contributed by atoms with Gasteiger partial charge in [0.2, 0.25) is 0 Å². The maximum Gasteiger partial charge on any atom is 0.343 e. The van der Waals surface area contributed by atoms with Crippen LogP contribution in [0.2, 0.25) is 0 Å². The molecule has 0 bridgehead atoms. The molecule has 0 heterocycles. The molecule has 94 valence electrons. The number of carbonyl (C=O) groups excluding carboxylic acids is 1. The van der Waals surface area contributed by atoms with E-state index >= 15 is 0 Å². The predicted molar refractivity (Wildman–Crippen MR) is 65.1 cm³/mol. The monoisotopic (exact) mass is 239 g/mol. The van der Waals surface area contributed by atoms with Crippen molar-refractivity contribution in [2.45, 2.75) is 33.3 Å². The zero-order chi connectivity index (χ0) is 13.0. The lowest BCUT2D eigenvalue weighted by molar-refractivity contribution is 0.0296. The van der Waals surface area contributed by atoms with Gasteiger partial charge in [-0.1, -0.05) is 19.9 Å². The number of ether oxygens (including phenoxy) is 1. The Balaban J connectivity index is 2.77. The highest BCUT2D eigenvalue weighted by Crippen LogP contribution is 2.18. The summed E-state index contributed by atoms with van der Waals surface area (Å²) in [4.78, 5) is 11.7. The maximum atomic E-state index is 13.4. The fourth-order valence-electron chi connectivity index (χ4n) is 1.71. The van der Waals surface area contributed by atoms with Crippen LogP contribution in [0.25, 0.3) is 0 Å². The highest BCUT2D eigenvalue weighted by Gasteiger charge is 2.19. The van der Waals surface area contributed by atoms with E-state index in [1.165, 1.54) is 18.2 Å². The van der Waals surface area contributed by atoms with E-state index in [9.17, 15) is 9.18 Å². The minimum Gasteiger partial charge on any atom is -0.459 e. The molecule has 1 atom stereocenters. The van der Waals surface area contributed by atoms with Gasteiger partial charge in [0.1, 0.15) is 11.4 Å². The van der Waals surface area contributed by atoms with Gasteiger partial charge in [0.05, 0.1) is 6.10 Å². The second kappa shape index (κ2) is 5.66. The SMILES string of the molecule is CC(C)CC(C)OC(=O)c1c(N)cccc1F. The lowest BCUT2D eigenvalue weighted by Crippen LogP contribution is -2.19. The van der Waals surface area contributed by atoms with Crippen molar-refractivity contribution in [3.05, 3.63) is 29.6 Å². The summed E-state index contributed by atoms with van der Waals surface area (Å²) in [6.07, 6.45) is 0.488. The number of esters is 1. The topological polar surface area (TPSA) is 52.3 Å². The van der Waals surface area contributed by atoms with Crippen LogP contribution in [0.1, 0.15) is 37.6 Å². The van der Waals surface area contributed by atoms with E-state index in [0.717, 1.165) is 6.42 Å². The molecular formula is C13H18FNO2. The van der Waals surface area contributed by atoms with Crippen LogP contribution in [0.15, 0.2) is 18.2 Å². The van der Waals surface area contributed by atoms with Crippen molar-refractivity contribution in [1.29, 1.82) is 0 Å². The smallest absolute Gasteiger partial charge is 0.343 e. The summed E-state index contributed by atoms with van der Waals surface area (Å²) < 4.78 is 18.6. The first-order valence-electron chi connectivity index (χ1n) is 5.66. The van der Waals surface area contributed by atoms with Crippen LogP contribution in [0, 0.1) is 11.7 Å². The Kier molecular flexibility index (Phi) is 4.49. The van der Waals surface area contributed by atoms with E-state index in [2.05, 4.69) is 0 Å². The summed E-state index contributed by atoms with van der Waals surface area (Å²) in [5.41, 5.74) is 5.48. The molecule has 3 nitrogen and oxygen atoms in total. The predicted octanol–water partition coefficient (Wildman–Crippen LogP) is 3.00. The number of benzene rings is 1. The highest BCUT2D eigenvalue weighted by molar-refractivity contribution is 5.95. The average Bonchev–Trinajstić information content (AvgIpc) is 2.15. The third-order valence-corrected chi connectivity index (χ3v) is 2.36. The number of hydrogen-bond donors (Lipinski definition) is 1. The molecule has 0 aromatic heterocycles. The molecule has 0 saturated heterocycles. The third-order valence-electron chi connectivity index (χ3n) is 2.36. The van der Waals surface area contributed by atoms with Gasteiger partial charge >= 0.3 is 5.97 Å². The van der Waals surface area contributed by atoms with Crippen molar-refractivity contribution in [1.82, 2.24) is 0 Å². The van der Waals surface area contributed by atoms with E-state index < -0.39 is 11.8 Å². The van der Waals surface area contributed by atoms with E-state index in [-0.39, 0.29) is 17.4 Å². The van der Waals surface area contributed by atoms with Crippen molar-refractivity contribution in [3.8, 4) is 0 Å². The van der Waals surface area contributed by atoms with Gasteiger partial charge in [-0.2, -0.15) is 0 Å². The first-order chi connectivity index (χ1) is 7.91. The van der Waals surface area contributed by atoms with Gasteiger partial charge in [0.25, 0.3) is 0 Å². The standard InChI is InChI=1S/C13H18FNO2/c1-8(2)7-9(3)17-13(16)12-10(14)5-4-6-11(12)15/h4-6,8-9H,7,15H2,1-3H3. The first kappa shape index (κ1) is 13.5. The minimum absolute atomic E-state index is 0.103. The molecule has 4 heteroatoms. The molecule has 1 aromatic rings. The summed E-state index contributed by atoms with van der Waals surface area (Å²) in [5.74, 6) is -0.934. The minimum atomic E-state index is -0.700. The second-order valence-corrected chi connectivity index (χ2v) is 4.55. The number of hydrogen-bond acceptors (Lipinski definition) is 3. The largest absolute Gasteiger partial charge is 0.459 e. The molecule has 0 fully saturated rings. The molecule has 0 aliphatic rings. The molecule has 1 rings (SSSR count). The van der Waals surface area contributed by atoms with Crippen LogP contribution in [0.3, 0.4) is 0 Å². The zero-order valence-corrected chi connectivity index (χ0v) is 10.4. The van der Waals surface area contributed by atoms with Crippen LogP contribution >= 0.6 is 0 Å². The molecule has 0 aliphatic carbocycles. The van der Waals surface area contributed by atoms with E-state index in [0.29, 0.717) is 5.92 Å². The number of nitrogen functional groups attached to an aromatic ring is 1. The van der Waals surface area contributed by atoms with Crippen LogP contribution in [-0.2, 0) is 4.74 Å². The van der Waals surface area contributed by atoms with Crippen molar-refractivity contribution >= 4 is 11.7 Å². The van der Waals surface area contributed by atoms with Crippen LogP contribution in [-0.4, -0.2) is 12.1 Å². The van der Waals surface area contributed by atoms with Gasteiger partial charge in [-0.05, 0) is 31.4 Å². The van der Waals surface area contributed by atoms with Crippen LogP contribution in [0.4, 0.5) is 10.1 Å². The molecule has 17 heavy (non-hydrogen) atoms. The Hall–Kier alpha value is -1.58. The summed E-state index contributed by atoms with van der Waals surface area (Å²) in [5, 5.41) is 0. The second-order valence-electron chi connectivity index (χ2n) is 4.55. The molecule has 0 radical (unpaired) electrons. The molecule has 0 saturated carbocycles. The molecule has 1 aromatic carbocycles. The fraction of sp³-hybridized carbons (Fsp3) is 0.462. The van der Waals surface area contributed by atoms with E-state index in [4.69, 9.17) is 10.5 Å². The van der Waals surface area contributed by atoms with E-state index in [1.807, 2.05) is 13.8 Å². The van der Waals surface area contributed by atoms with Gasteiger partial charge in [0, 0.05) is 5.69 Å². The normalized spacial score (nSPS) is 12.5. The molecule has 1 unspecified atom stereocenters. The highest BCUT2D eigenvalue weighted by atomic mass is 19.1. The number of carbonyl (C=O) groups is 1.